The van der Waals surface area contributed by atoms with Crippen LogP contribution in [-0.2, 0) is 18.4 Å². The average molecular weight is 307 g/mol. The Balaban J connectivity index is 1.84. The van der Waals surface area contributed by atoms with Crippen LogP contribution in [0, 0.1) is 0 Å². The standard InChI is InChI=1S/C15H21N3O2S/c1-15(2,3)12-9-21-13(18-12)4-5-17-14(19)10-6-11(7-16)20-8-10/h6,8-9H,4-5,7,16H2,1-3H3,(H,17,19). The fraction of sp³-hybridized carbons (Fsp3) is 0.467. The zero-order valence-electron chi connectivity index (χ0n) is 12.6. The van der Waals surface area contributed by atoms with Crippen LogP contribution >= 0.6 is 11.3 Å². The summed E-state index contributed by atoms with van der Waals surface area (Å²) in [4.78, 5) is 16.5. The number of nitrogens with zero attached hydrogens (tertiary/aromatic N) is 1. The van der Waals surface area contributed by atoms with Crippen molar-refractivity contribution in [2.45, 2.75) is 39.2 Å². The van der Waals surface area contributed by atoms with Crippen LogP contribution < -0.4 is 11.1 Å². The molecular weight excluding hydrogens is 286 g/mol. The largest absolute Gasteiger partial charge is 0.467 e. The molecule has 0 fully saturated rings. The van der Waals surface area contributed by atoms with E-state index in [-0.39, 0.29) is 11.3 Å². The first-order chi connectivity index (χ1) is 9.90. The van der Waals surface area contributed by atoms with Crippen LogP contribution in [0.1, 0.15) is 47.6 Å². The molecule has 114 valence electrons. The smallest absolute Gasteiger partial charge is 0.254 e. The SMILES string of the molecule is CC(C)(C)c1csc(CCNC(=O)c2coc(CN)c2)n1. The molecule has 0 saturated heterocycles. The van der Waals surface area contributed by atoms with E-state index in [0.29, 0.717) is 24.4 Å². The molecule has 2 aromatic rings. The summed E-state index contributed by atoms with van der Waals surface area (Å²) in [6, 6.07) is 1.66. The Morgan fingerprint density at radius 1 is 1.48 bits per heavy atom. The number of thiazole rings is 1. The lowest BCUT2D eigenvalue weighted by atomic mass is 9.93. The van der Waals surface area contributed by atoms with E-state index < -0.39 is 0 Å². The fourth-order valence-corrected chi connectivity index (χ4v) is 2.79. The lowest BCUT2D eigenvalue weighted by molar-refractivity contribution is 0.0953. The van der Waals surface area contributed by atoms with Crippen LogP contribution in [0.5, 0.6) is 0 Å². The Hall–Kier alpha value is -1.66. The normalized spacial score (nSPS) is 11.6. The monoisotopic (exact) mass is 307 g/mol. The summed E-state index contributed by atoms with van der Waals surface area (Å²) in [5, 5.41) is 5.98. The van der Waals surface area contributed by atoms with Gasteiger partial charge in [0.05, 0.1) is 22.8 Å². The molecule has 0 bridgehead atoms. The molecule has 0 unspecified atom stereocenters. The summed E-state index contributed by atoms with van der Waals surface area (Å²) in [5.74, 6) is 0.459. The van der Waals surface area contributed by atoms with Crippen LogP contribution in [0.3, 0.4) is 0 Å². The lowest BCUT2D eigenvalue weighted by Crippen LogP contribution is -2.25. The van der Waals surface area contributed by atoms with Crippen LogP contribution in [0.4, 0.5) is 0 Å². The molecule has 2 aromatic heterocycles. The highest BCUT2D eigenvalue weighted by atomic mass is 32.1. The Morgan fingerprint density at radius 3 is 2.81 bits per heavy atom. The van der Waals surface area contributed by atoms with Gasteiger partial charge in [0.1, 0.15) is 12.0 Å². The zero-order chi connectivity index (χ0) is 15.5. The third-order valence-electron chi connectivity index (χ3n) is 3.06. The van der Waals surface area contributed by atoms with E-state index in [4.69, 9.17) is 10.2 Å². The number of furan rings is 1. The first-order valence-corrected chi connectivity index (χ1v) is 7.78. The molecular formula is C15H21N3O2S. The minimum absolute atomic E-state index is 0.0629. The molecule has 5 nitrogen and oxygen atoms in total. The second-order valence-electron chi connectivity index (χ2n) is 5.89. The van der Waals surface area contributed by atoms with Crippen molar-refractivity contribution in [3.05, 3.63) is 39.7 Å². The number of nitrogens with two attached hydrogens (primary N) is 1. The maximum absolute atomic E-state index is 11.9. The Morgan fingerprint density at radius 2 is 2.24 bits per heavy atom. The molecule has 3 N–H and O–H groups in total. The van der Waals surface area contributed by atoms with E-state index in [1.54, 1.807) is 17.4 Å². The van der Waals surface area contributed by atoms with Gasteiger partial charge in [-0.1, -0.05) is 20.8 Å². The molecule has 6 heteroatoms. The number of carbonyl (C=O) groups excluding carboxylic acids is 1. The fourth-order valence-electron chi connectivity index (χ4n) is 1.76. The number of rotatable bonds is 5. The van der Waals surface area contributed by atoms with Crippen LogP contribution in [0.15, 0.2) is 22.1 Å². The summed E-state index contributed by atoms with van der Waals surface area (Å²) >= 11 is 1.63. The van der Waals surface area contributed by atoms with Crippen molar-refractivity contribution in [3.63, 3.8) is 0 Å². The highest BCUT2D eigenvalue weighted by Crippen LogP contribution is 2.23. The number of hydrogen-bond acceptors (Lipinski definition) is 5. The Kier molecular flexibility index (Phi) is 4.80. The highest BCUT2D eigenvalue weighted by molar-refractivity contribution is 7.09. The minimum Gasteiger partial charge on any atom is -0.467 e. The van der Waals surface area contributed by atoms with Gasteiger partial charge in [-0.3, -0.25) is 4.79 Å². The second-order valence-corrected chi connectivity index (χ2v) is 6.83. The van der Waals surface area contributed by atoms with Gasteiger partial charge < -0.3 is 15.5 Å². The average Bonchev–Trinajstić information content (AvgIpc) is 3.06. The van der Waals surface area contributed by atoms with Crippen molar-refractivity contribution in [2.24, 2.45) is 5.73 Å². The first-order valence-electron chi connectivity index (χ1n) is 6.90. The molecule has 1 amide bonds. The quantitative estimate of drug-likeness (QED) is 0.889. The van der Waals surface area contributed by atoms with E-state index in [9.17, 15) is 4.79 Å². The number of amides is 1. The van der Waals surface area contributed by atoms with Crippen LogP contribution in [0.2, 0.25) is 0 Å². The summed E-state index contributed by atoms with van der Waals surface area (Å²) in [6.45, 7) is 7.27. The van der Waals surface area contributed by atoms with Gasteiger partial charge in [-0.05, 0) is 6.07 Å². The number of carbonyl (C=O) groups is 1. The van der Waals surface area contributed by atoms with Crippen molar-refractivity contribution >= 4 is 17.2 Å². The third kappa shape index (κ3) is 4.15. The van der Waals surface area contributed by atoms with Crippen molar-refractivity contribution in [3.8, 4) is 0 Å². The van der Waals surface area contributed by atoms with Crippen LogP contribution in [-0.4, -0.2) is 17.4 Å². The molecule has 21 heavy (non-hydrogen) atoms. The highest BCUT2D eigenvalue weighted by Gasteiger charge is 2.17. The summed E-state index contributed by atoms with van der Waals surface area (Å²) in [5.41, 5.74) is 7.11. The molecule has 2 heterocycles. The van der Waals surface area contributed by atoms with Gasteiger partial charge in [-0.25, -0.2) is 4.98 Å². The molecule has 0 radical (unpaired) electrons. The topological polar surface area (TPSA) is 81.2 Å². The van der Waals surface area contributed by atoms with Crippen molar-refractivity contribution in [1.29, 1.82) is 0 Å². The van der Waals surface area contributed by atoms with E-state index >= 15 is 0 Å². The van der Waals surface area contributed by atoms with Gasteiger partial charge >= 0.3 is 0 Å². The maximum Gasteiger partial charge on any atom is 0.254 e. The van der Waals surface area contributed by atoms with E-state index in [2.05, 4.69) is 36.5 Å². The van der Waals surface area contributed by atoms with E-state index in [1.807, 2.05) is 0 Å². The second kappa shape index (κ2) is 6.41. The molecule has 0 saturated carbocycles. The summed E-state index contributed by atoms with van der Waals surface area (Å²) < 4.78 is 5.14. The molecule has 2 rings (SSSR count). The predicted molar refractivity (Wildman–Crippen MR) is 83.5 cm³/mol. The number of aromatic nitrogens is 1. The molecule has 0 aliphatic carbocycles. The molecule has 0 aliphatic rings. The summed E-state index contributed by atoms with van der Waals surface area (Å²) in [7, 11) is 0. The Labute approximate surface area is 128 Å². The van der Waals surface area contributed by atoms with E-state index in [1.165, 1.54) is 6.26 Å². The number of nitrogens with one attached hydrogen (secondary N) is 1. The van der Waals surface area contributed by atoms with E-state index in [0.717, 1.165) is 17.1 Å². The van der Waals surface area contributed by atoms with Crippen molar-refractivity contribution < 1.29 is 9.21 Å². The van der Waals surface area contributed by atoms with Crippen LogP contribution in [0.25, 0.3) is 0 Å². The van der Waals surface area contributed by atoms with Gasteiger partial charge in [0.2, 0.25) is 0 Å². The maximum atomic E-state index is 11.9. The lowest BCUT2D eigenvalue weighted by Gasteiger charge is -2.14. The van der Waals surface area contributed by atoms with Crippen molar-refractivity contribution in [1.82, 2.24) is 10.3 Å². The third-order valence-corrected chi connectivity index (χ3v) is 3.97. The van der Waals surface area contributed by atoms with Gasteiger partial charge in [0.25, 0.3) is 5.91 Å². The molecule has 0 aromatic carbocycles. The Bertz CT molecular complexity index is 610. The molecule has 0 spiro atoms. The molecule has 0 atom stereocenters. The minimum atomic E-state index is -0.147. The van der Waals surface area contributed by atoms with Gasteiger partial charge in [-0.15, -0.1) is 11.3 Å². The predicted octanol–water partition coefficient (Wildman–Crippen LogP) is 2.46. The molecule has 0 aliphatic heterocycles. The van der Waals surface area contributed by atoms with Gasteiger partial charge in [0, 0.05) is 23.8 Å². The van der Waals surface area contributed by atoms with Gasteiger partial charge in [0.15, 0.2) is 0 Å². The van der Waals surface area contributed by atoms with Crippen molar-refractivity contribution in [2.75, 3.05) is 6.54 Å². The first kappa shape index (κ1) is 15.7. The zero-order valence-corrected chi connectivity index (χ0v) is 13.4. The van der Waals surface area contributed by atoms with Gasteiger partial charge in [-0.2, -0.15) is 0 Å². The number of hydrogen-bond donors (Lipinski definition) is 2. The summed E-state index contributed by atoms with van der Waals surface area (Å²) in [6.07, 6.45) is 2.16.